The smallest absolute Gasteiger partial charge is 0.164 e. The van der Waals surface area contributed by atoms with Crippen LogP contribution in [0.15, 0.2) is 36.5 Å². The molecule has 0 spiro atoms. The van der Waals surface area contributed by atoms with E-state index in [9.17, 15) is 0 Å². The van der Waals surface area contributed by atoms with Crippen molar-refractivity contribution < 1.29 is 0 Å². The fourth-order valence-electron chi connectivity index (χ4n) is 2.17. The van der Waals surface area contributed by atoms with Crippen LogP contribution in [0.1, 0.15) is 17.0 Å². The first-order chi connectivity index (χ1) is 9.19. The van der Waals surface area contributed by atoms with E-state index >= 15 is 0 Å². The van der Waals surface area contributed by atoms with Crippen LogP contribution in [-0.2, 0) is 5.88 Å². The van der Waals surface area contributed by atoms with Crippen LogP contribution >= 0.6 is 11.6 Å². The van der Waals surface area contributed by atoms with Crippen LogP contribution in [0.5, 0.6) is 0 Å². The maximum absolute atomic E-state index is 6.01. The summed E-state index contributed by atoms with van der Waals surface area (Å²) in [7, 11) is 0. The SMILES string of the molecule is Cc1ccc(-n2c(CCl)nc3cc(C)cnc32)cc1. The molecule has 4 heteroatoms. The molecule has 0 amide bonds. The molecule has 0 radical (unpaired) electrons. The lowest BCUT2D eigenvalue weighted by Crippen LogP contribution is -2.00. The molecule has 2 aromatic heterocycles. The number of fused-ring (bicyclic) bond motifs is 1. The minimum Gasteiger partial charge on any atom is -0.280 e. The number of rotatable bonds is 2. The van der Waals surface area contributed by atoms with Gasteiger partial charge in [-0.1, -0.05) is 17.7 Å². The minimum atomic E-state index is 0.364. The molecule has 19 heavy (non-hydrogen) atoms. The zero-order valence-electron chi connectivity index (χ0n) is 10.9. The summed E-state index contributed by atoms with van der Waals surface area (Å²) in [5.41, 5.74) is 5.10. The summed E-state index contributed by atoms with van der Waals surface area (Å²) >= 11 is 6.01. The number of benzene rings is 1. The molecule has 0 atom stereocenters. The van der Waals surface area contributed by atoms with Gasteiger partial charge in [0.05, 0.1) is 5.88 Å². The van der Waals surface area contributed by atoms with Crippen molar-refractivity contribution in [2.45, 2.75) is 19.7 Å². The van der Waals surface area contributed by atoms with Crippen molar-refractivity contribution in [3.05, 3.63) is 53.5 Å². The molecule has 0 saturated heterocycles. The summed E-state index contributed by atoms with van der Waals surface area (Å²) in [4.78, 5) is 9.05. The average molecular weight is 272 g/mol. The van der Waals surface area contributed by atoms with E-state index in [1.165, 1.54) is 5.56 Å². The molecule has 0 aliphatic heterocycles. The minimum absolute atomic E-state index is 0.364. The zero-order valence-corrected chi connectivity index (χ0v) is 11.6. The van der Waals surface area contributed by atoms with Gasteiger partial charge in [-0.25, -0.2) is 9.97 Å². The lowest BCUT2D eigenvalue weighted by Gasteiger charge is -2.07. The molecule has 0 aliphatic carbocycles. The maximum atomic E-state index is 6.01. The fraction of sp³-hybridized carbons (Fsp3) is 0.200. The molecule has 3 nitrogen and oxygen atoms in total. The van der Waals surface area contributed by atoms with Crippen LogP contribution in [0.25, 0.3) is 16.9 Å². The van der Waals surface area contributed by atoms with Crippen molar-refractivity contribution in [1.82, 2.24) is 14.5 Å². The van der Waals surface area contributed by atoms with Gasteiger partial charge in [0, 0.05) is 11.9 Å². The Morgan fingerprint density at radius 2 is 1.84 bits per heavy atom. The van der Waals surface area contributed by atoms with Gasteiger partial charge in [-0.15, -0.1) is 11.6 Å². The molecule has 0 unspecified atom stereocenters. The van der Waals surface area contributed by atoms with E-state index < -0.39 is 0 Å². The van der Waals surface area contributed by atoms with Gasteiger partial charge in [0.15, 0.2) is 5.65 Å². The van der Waals surface area contributed by atoms with Gasteiger partial charge >= 0.3 is 0 Å². The van der Waals surface area contributed by atoms with Crippen LogP contribution in [0.2, 0.25) is 0 Å². The lowest BCUT2D eigenvalue weighted by atomic mass is 10.2. The molecular weight excluding hydrogens is 258 g/mol. The summed E-state index contributed by atoms with van der Waals surface area (Å²) in [6.07, 6.45) is 1.85. The summed E-state index contributed by atoms with van der Waals surface area (Å²) in [5, 5.41) is 0. The molecule has 0 aliphatic rings. The fourth-order valence-corrected chi connectivity index (χ4v) is 2.35. The summed E-state index contributed by atoms with van der Waals surface area (Å²) in [6, 6.07) is 10.3. The van der Waals surface area contributed by atoms with Crippen LogP contribution in [0.4, 0.5) is 0 Å². The van der Waals surface area contributed by atoms with Crippen LogP contribution < -0.4 is 0 Å². The monoisotopic (exact) mass is 271 g/mol. The number of aromatic nitrogens is 3. The number of hydrogen-bond donors (Lipinski definition) is 0. The molecular formula is C15H14ClN3. The second kappa shape index (κ2) is 4.67. The second-order valence-electron chi connectivity index (χ2n) is 4.69. The van der Waals surface area contributed by atoms with Gasteiger partial charge < -0.3 is 0 Å². The van der Waals surface area contributed by atoms with Gasteiger partial charge in [0.2, 0.25) is 0 Å². The number of imidazole rings is 1. The molecule has 0 fully saturated rings. The van der Waals surface area contributed by atoms with Crippen molar-refractivity contribution >= 4 is 22.8 Å². The van der Waals surface area contributed by atoms with E-state index in [0.717, 1.165) is 28.2 Å². The predicted octanol–water partition coefficient (Wildman–Crippen LogP) is 3.78. The Balaban J connectivity index is 2.29. The Morgan fingerprint density at radius 3 is 2.53 bits per heavy atom. The van der Waals surface area contributed by atoms with E-state index in [2.05, 4.69) is 41.2 Å². The topological polar surface area (TPSA) is 30.7 Å². The van der Waals surface area contributed by atoms with Crippen LogP contribution in [-0.4, -0.2) is 14.5 Å². The van der Waals surface area contributed by atoms with Gasteiger partial charge in [-0.2, -0.15) is 0 Å². The molecule has 1 aromatic carbocycles. The van der Waals surface area contributed by atoms with Crippen LogP contribution in [0, 0.1) is 13.8 Å². The lowest BCUT2D eigenvalue weighted by molar-refractivity contribution is 0.968. The Labute approximate surface area is 116 Å². The van der Waals surface area contributed by atoms with Gasteiger partial charge in [0.25, 0.3) is 0 Å². The Morgan fingerprint density at radius 1 is 1.11 bits per heavy atom. The number of nitrogens with zero attached hydrogens (tertiary/aromatic N) is 3. The molecule has 96 valence electrons. The Bertz CT molecular complexity index is 729. The van der Waals surface area contributed by atoms with Gasteiger partial charge in [-0.3, -0.25) is 4.57 Å². The van der Waals surface area contributed by atoms with Crippen LogP contribution in [0.3, 0.4) is 0 Å². The highest BCUT2D eigenvalue weighted by Gasteiger charge is 2.12. The third-order valence-corrected chi connectivity index (χ3v) is 3.35. The zero-order chi connectivity index (χ0) is 13.4. The predicted molar refractivity (Wildman–Crippen MR) is 77.9 cm³/mol. The number of aryl methyl sites for hydroxylation is 2. The van der Waals surface area contributed by atoms with E-state index in [-0.39, 0.29) is 0 Å². The van der Waals surface area contributed by atoms with Crippen molar-refractivity contribution in [1.29, 1.82) is 0 Å². The highest BCUT2D eigenvalue weighted by atomic mass is 35.5. The largest absolute Gasteiger partial charge is 0.280 e. The molecule has 0 bridgehead atoms. The first-order valence-corrected chi connectivity index (χ1v) is 6.69. The summed E-state index contributed by atoms with van der Waals surface area (Å²) in [5.74, 6) is 1.18. The van der Waals surface area contributed by atoms with E-state index in [1.807, 2.05) is 23.8 Å². The summed E-state index contributed by atoms with van der Waals surface area (Å²) in [6.45, 7) is 4.08. The quantitative estimate of drug-likeness (QED) is 0.664. The van der Waals surface area contributed by atoms with Crippen molar-refractivity contribution in [3.8, 4) is 5.69 Å². The Hall–Kier alpha value is -1.87. The standard InChI is InChI=1S/C15H14ClN3/c1-10-3-5-12(6-4-10)19-14(8-16)18-13-7-11(2)9-17-15(13)19/h3-7,9H,8H2,1-2H3. The van der Waals surface area contributed by atoms with Gasteiger partial charge in [-0.05, 0) is 37.6 Å². The molecule has 2 heterocycles. The van der Waals surface area contributed by atoms with Gasteiger partial charge in [0.1, 0.15) is 11.3 Å². The molecule has 3 aromatic rings. The third-order valence-electron chi connectivity index (χ3n) is 3.12. The number of halogens is 1. The maximum Gasteiger partial charge on any atom is 0.164 e. The summed E-state index contributed by atoms with van der Waals surface area (Å²) < 4.78 is 2.02. The van der Waals surface area contributed by atoms with Crippen molar-refractivity contribution in [2.75, 3.05) is 0 Å². The first-order valence-electron chi connectivity index (χ1n) is 6.16. The second-order valence-corrected chi connectivity index (χ2v) is 4.96. The molecule has 0 saturated carbocycles. The molecule has 3 rings (SSSR count). The first kappa shape index (κ1) is 12.2. The van der Waals surface area contributed by atoms with E-state index in [0.29, 0.717) is 5.88 Å². The van der Waals surface area contributed by atoms with Crippen molar-refractivity contribution in [3.63, 3.8) is 0 Å². The average Bonchev–Trinajstić information content (AvgIpc) is 2.77. The Kier molecular flexibility index (Phi) is 2.99. The number of hydrogen-bond acceptors (Lipinski definition) is 2. The number of pyridine rings is 1. The normalized spacial score (nSPS) is 11.1. The highest BCUT2D eigenvalue weighted by Crippen LogP contribution is 2.22. The number of alkyl halides is 1. The molecule has 0 N–H and O–H groups in total. The highest BCUT2D eigenvalue weighted by molar-refractivity contribution is 6.16. The van der Waals surface area contributed by atoms with Crippen molar-refractivity contribution in [2.24, 2.45) is 0 Å². The van der Waals surface area contributed by atoms with E-state index in [1.54, 1.807) is 0 Å². The van der Waals surface area contributed by atoms with E-state index in [4.69, 9.17) is 11.6 Å². The third kappa shape index (κ3) is 2.10.